The Bertz CT molecular complexity index is 748. The highest BCUT2D eigenvalue weighted by Gasteiger charge is 2.10. The van der Waals surface area contributed by atoms with Crippen LogP contribution in [0.4, 0.5) is 0 Å². The van der Waals surface area contributed by atoms with Crippen molar-refractivity contribution < 1.29 is 4.42 Å². The summed E-state index contributed by atoms with van der Waals surface area (Å²) in [6.07, 6.45) is 0. The van der Waals surface area contributed by atoms with E-state index in [-0.39, 0.29) is 6.04 Å². The zero-order chi connectivity index (χ0) is 14.7. The average Bonchev–Trinajstić information content (AvgIpc) is 2.97. The van der Waals surface area contributed by atoms with Gasteiger partial charge in [0.1, 0.15) is 11.3 Å². The molecule has 3 heteroatoms. The molecule has 0 bridgehead atoms. The van der Waals surface area contributed by atoms with E-state index >= 15 is 0 Å². The zero-order valence-electron chi connectivity index (χ0n) is 11.8. The standard InChI is InChI=1S/C18H16N2O/c1-13(18-10-16-4-2-3-5-17(16)21-18)20-12-15-8-6-14(11-19)7-9-15/h2-10,13,20H,12H2,1H3. The number of hydrogen-bond acceptors (Lipinski definition) is 3. The number of benzene rings is 2. The molecule has 0 saturated heterocycles. The molecule has 0 aliphatic heterocycles. The lowest BCUT2D eigenvalue weighted by molar-refractivity contribution is 0.451. The number of nitrogens with one attached hydrogen (secondary N) is 1. The molecule has 0 fully saturated rings. The van der Waals surface area contributed by atoms with Crippen LogP contribution in [0.1, 0.15) is 29.9 Å². The van der Waals surface area contributed by atoms with Crippen LogP contribution < -0.4 is 5.32 Å². The number of hydrogen-bond donors (Lipinski definition) is 1. The van der Waals surface area contributed by atoms with Crippen LogP contribution in [0.5, 0.6) is 0 Å². The zero-order valence-corrected chi connectivity index (χ0v) is 11.8. The molecule has 21 heavy (non-hydrogen) atoms. The van der Waals surface area contributed by atoms with E-state index in [2.05, 4.69) is 30.4 Å². The van der Waals surface area contributed by atoms with Gasteiger partial charge < -0.3 is 9.73 Å². The second-order valence-electron chi connectivity index (χ2n) is 5.10. The molecule has 1 atom stereocenters. The predicted octanol–water partition coefficient (Wildman–Crippen LogP) is 4.16. The quantitative estimate of drug-likeness (QED) is 0.778. The summed E-state index contributed by atoms with van der Waals surface area (Å²) in [6, 6.07) is 20.0. The van der Waals surface area contributed by atoms with E-state index in [9.17, 15) is 0 Å². The normalized spacial score (nSPS) is 12.2. The fourth-order valence-corrected chi connectivity index (χ4v) is 2.28. The molecule has 2 aromatic carbocycles. The van der Waals surface area contributed by atoms with Gasteiger partial charge in [0, 0.05) is 11.9 Å². The minimum Gasteiger partial charge on any atom is -0.459 e. The first-order valence-corrected chi connectivity index (χ1v) is 6.97. The van der Waals surface area contributed by atoms with E-state index < -0.39 is 0 Å². The van der Waals surface area contributed by atoms with Crippen LogP contribution in [-0.4, -0.2) is 0 Å². The summed E-state index contributed by atoms with van der Waals surface area (Å²) in [5.41, 5.74) is 2.75. The molecule has 0 aliphatic rings. The lowest BCUT2D eigenvalue weighted by atomic mass is 10.1. The Balaban J connectivity index is 1.68. The monoisotopic (exact) mass is 276 g/mol. The molecule has 1 unspecified atom stereocenters. The first-order chi connectivity index (χ1) is 10.3. The van der Waals surface area contributed by atoms with Crippen LogP contribution in [0.25, 0.3) is 11.0 Å². The van der Waals surface area contributed by atoms with Crippen molar-refractivity contribution in [2.45, 2.75) is 19.5 Å². The van der Waals surface area contributed by atoms with Crippen molar-refractivity contribution in [1.29, 1.82) is 5.26 Å². The first-order valence-electron chi connectivity index (χ1n) is 6.97. The number of nitrogens with zero attached hydrogens (tertiary/aromatic N) is 1. The van der Waals surface area contributed by atoms with E-state index in [0.29, 0.717) is 5.56 Å². The van der Waals surface area contributed by atoms with Crippen LogP contribution >= 0.6 is 0 Å². The lowest BCUT2D eigenvalue weighted by Gasteiger charge is -2.11. The number of para-hydroxylation sites is 1. The van der Waals surface area contributed by atoms with Crippen LogP contribution in [0.15, 0.2) is 59.0 Å². The van der Waals surface area contributed by atoms with Gasteiger partial charge in [0.2, 0.25) is 0 Å². The highest BCUT2D eigenvalue weighted by Crippen LogP contribution is 2.23. The number of rotatable bonds is 4. The maximum absolute atomic E-state index is 8.79. The van der Waals surface area contributed by atoms with E-state index in [1.807, 2.05) is 42.5 Å². The van der Waals surface area contributed by atoms with Gasteiger partial charge in [-0.05, 0) is 36.8 Å². The minimum atomic E-state index is 0.132. The summed E-state index contributed by atoms with van der Waals surface area (Å²) in [6.45, 7) is 2.82. The van der Waals surface area contributed by atoms with Gasteiger partial charge in [-0.3, -0.25) is 0 Å². The summed E-state index contributed by atoms with van der Waals surface area (Å²) in [5, 5.41) is 13.3. The third-order valence-corrected chi connectivity index (χ3v) is 3.57. The molecule has 1 aromatic heterocycles. The fraction of sp³-hybridized carbons (Fsp3) is 0.167. The van der Waals surface area contributed by atoms with E-state index in [1.54, 1.807) is 0 Å². The Labute approximate surface area is 123 Å². The second kappa shape index (κ2) is 5.82. The molecule has 0 amide bonds. The molecule has 1 N–H and O–H groups in total. The smallest absolute Gasteiger partial charge is 0.134 e. The molecule has 3 aromatic rings. The Morgan fingerprint density at radius 3 is 2.62 bits per heavy atom. The number of nitriles is 1. The fourth-order valence-electron chi connectivity index (χ4n) is 2.28. The molecule has 0 aliphatic carbocycles. The first kappa shape index (κ1) is 13.4. The van der Waals surface area contributed by atoms with E-state index in [1.165, 1.54) is 0 Å². The minimum absolute atomic E-state index is 0.132. The Morgan fingerprint density at radius 2 is 1.90 bits per heavy atom. The van der Waals surface area contributed by atoms with Crippen LogP contribution in [0, 0.1) is 11.3 Å². The molecule has 1 heterocycles. The van der Waals surface area contributed by atoms with Crippen molar-refractivity contribution in [3.8, 4) is 6.07 Å². The SMILES string of the molecule is CC(NCc1ccc(C#N)cc1)c1cc2ccccc2o1. The highest BCUT2D eigenvalue weighted by molar-refractivity contribution is 5.77. The van der Waals surface area contributed by atoms with Crippen molar-refractivity contribution in [1.82, 2.24) is 5.32 Å². The van der Waals surface area contributed by atoms with Crippen LogP contribution in [-0.2, 0) is 6.54 Å². The molecule has 3 nitrogen and oxygen atoms in total. The maximum Gasteiger partial charge on any atom is 0.134 e. The molecular formula is C18H16N2O. The predicted molar refractivity (Wildman–Crippen MR) is 82.6 cm³/mol. The summed E-state index contributed by atoms with van der Waals surface area (Å²) in [7, 11) is 0. The van der Waals surface area contributed by atoms with Gasteiger partial charge in [-0.2, -0.15) is 5.26 Å². The summed E-state index contributed by atoms with van der Waals surface area (Å²) >= 11 is 0. The third-order valence-electron chi connectivity index (χ3n) is 3.57. The molecule has 0 radical (unpaired) electrons. The molecule has 0 saturated carbocycles. The van der Waals surface area contributed by atoms with Gasteiger partial charge in [0.05, 0.1) is 17.7 Å². The van der Waals surface area contributed by atoms with Crippen molar-refractivity contribution in [3.63, 3.8) is 0 Å². The number of furan rings is 1. The van der Waals surface area contributed by atoms with Gasteiger partial charge >= 0.3 is 0 Å². The van der Waals surface area contributed by atoms with Gasteiger partial charge in [-0.15, -0.1) is 0 Å². The summed E-state index contributed by atoms with van der Waals surface area (Å²) < 4.78 is 5.85. The van der Waals surface area contributed by atoms with Crippen LogP contribution in [0.3, 0.4) is 0 Å². The second-order valence-corrected chi connectivity index (χ2v) is 5.10. The van der Waals surface area contributed by atoms with Crippen molar-refractivity contribution in [3.05, 3.63) is 71.5 Å². The maximum atomic E-state index is 8.79. The van der Waals surface area contributed by atoms with Crippen molar-refractivity contribution in [2.24, 2.45) is 0 Å². The molecular weight excluding hydrogens is 260 g/mol. The third kappa shape index (κ3) is 2.96. The Hall–Kier alpha value is -2.57. The van der Waals surface area contributed by atoms with Gasteiger partial charge in [0.25, 0.3) is 0 Å². The van der Waals surface area contributed by atoms with Gasteiger partial charge in [0.15, 0.2) is 0 Å². The Kier molecular flexibility index (Phi) is 3.72. The Morgan fingerprint density at radius 1 is 1.14 bits per heavy atom. The summed E-state index contributed by atoms with van der Waals surface area (Å²) in [5.74, 6) is 0.935. The lowest BCUT2D eigenvalue weighted by Crippen LogP contribution is -2.17. The average molecular weight is 276 g/mol. The summed E-state index contributed by atoms with van der Waals surface area (Å²) in [4.78, 5) is 0. The molecule has 0 spiro atoms. The highest BCUT2D eigenvalue weighted by atomic mass is 16.3. The van der Waals surface area contributed by atoms with Gasteiger partial charge in [-0.25, -0.2) is 0 Å². The van der Waals surface area contributed by atoms with Crippen molar-refractivity contribution in [2.75, 3.05) is 0 Å². The molecule has 104 valence electrons. The van der Waals surface area contributed by atoms with E-state index in [4.69, 9.17) is 9.68 Å². The van der Waals surface area contributed by atoms with Gasteiger partial charge in [-0.1, -0.05) is 30.3 Å². The largest absolute Gasteiger partial charge is 0.459 e. The number of fused-ring (bicyclic) bond motifs is 1. The van der Waals surface area contributed by atoms with Crippen LogP contribution in [0.2, 0.25) is 0 Å². The molecule has 3 rings (SSSR count). The topological polar surface area (TPSA) is 49.0 Å². The van der Waals surface area contributed by atoms with Crippen molar-refractivity contribution >= 4 is 11.0 Å². The van der Waals surface area contributed by atoms with E-state index in [0.717, 1.165) is 28.8 Å².